The molecule has 24 heavy (non-hydrogen) atoms. The van der Waals surface area contributed by atoms with E-state index in [-0.39, 0.29) is 6.03 Å². The Morgan fingerprint density at radius 1 is 1.42 bits per heavy atom. The van der Waals surface area contributed by atoms with Crippen LogP contribution < -0.4 is 15.4 Å². The smallest absolute Gasteiger partial charge is 0.319 e. The number of benzene rings is 1. The van der Waals surface area contributed by atoms with Crippen LogP contribution in [0.2, 0.25) is 0 Å². The summed E-state index contributed by atoms with van der Waals surface area (Å²) in [6.45, 7) is 2.54. The average Bonchev–Trinajstić information content (AvgIpc) is 3.36. The van der Waals surface area contributed by atoms with Crippen LogP contribution in [0.4, 0.5) is 10.5 Å². The molecule has 1 aliphatic carbocycles. The van der Waals surface area contributed by atoms with Crippen molar-refractivity contribution in [3.63, 3.8) is 0 Å². The third kappa shape index (κ3) is 3.53. The van der Waals surface area contributed by atoms with E-state index in [1.54, 1.807) is 7.11 Å². The summed E-state index contributed by atoms with van der Waals surface area (Å²) in [6.07, 6.45) is 5.24. The molecule has 0 atom stereocenters. The maximum Gasteiger partial charge on any atom is 0.319 e. The average molecular weight is 328 g/mol. The second kappa shape index (κ2) is 6.95. The molecular weight excluding hydrogens is 304 g/mol. The number of nitrogens with one attached hydrogen (secondary N) is 2. The normalized spacial score (nSPS) is 13.6. The van der Waals surface area contributed by atoms with Gasteiger partial charge in [0.05, 0.1) is 25.5 Å². The summed E-state index contributed by atoms with van der Waals surface area (Å²) in [4.78, 5) is 12.2. The van der Waals surface area contributed by atoms with Gasteiger partial charge in [0.25, 0.3) is 0 Å². The van der Waals surface area contributed by atoms with Crippen molar-refractivity contribution in [3.8, 4) is 5.75 Å². The maximum atomic E-state index is 12.2. The maximum absolute atomic E-state index is 12.2. The monoisotopic (exact) mass is 328 g/mol. The van der Waals surface area contributed by atoms with E-state index in [1.807, 2.05) is 36.1 Å². The Labute approximate surface area is 142 Å². The second-order valence-corrected chi connectivity index (χ2v) is 6.13. The lowest BCUT2D eigenvalue weighted by atomic mass is 10.1. The fraction of sp³-hybridized carbons (Fsp3) is 0.444. The van der Waals surface area contributed by atoms with Crippen LogP contribution >= 0.6 is 0 Å². The number of amides is 2. The molecule has 1 aliphatic rings. The van der Waals surface area contributed by atoms with E-state index in [1.165, 1.54) is 18.4 Å². The molecule has 0 bridgehead atoms. The Morgan fingerprint density at radius 3 is 2.88 bits per heavy atom. The predicted molar refractivity (Wildman–Crippen MR) is 93.4 cm³/mol. The van der Waals surface area contributed by atoms with Crippen molar-refractivity contribution in [2.75, 3.05) is 12.4 Å². The zero-order valence-electron chi connectivity index (χ0n) is 14.4. The molecule has 1 aromatic carbocycles. The highest BCUT2D eigenvalue weighted by Crippen LogP contribution is 2.41. The molecule has 0 saturated heterocycles. The number of nitrogens with zero attached hydrogens (tertiary/aromatic N) is 2. The number of hydrogen-bond acceptors (Lipinski definition) is 3. The molecule has 0 aliphatic heterocycles. The number of hydrogen-bond donors (Lipinski definition) is 2. The quantitative estimate of drug-likeness (QED) is 0.856. The van der Waals surface area contributed by atoms with E-state index in [9.17, 15) is 4.79 Å². The van der Waals surface area contributed by atoms with Gasteiger partial charge in [-0.05, 0) is 42.4 Å². The summed E-state index contributed by atoms with van der Waals surface area (Å²) in [5, 5.41) is 10.1. The number of ether oxygens (including phenoxy) is 1. The van der Waals surface area contributed by atoms with Crippen molar-refractivity contribution < 1.29 is 9.53 Å². The highest BCUT2D eigenvalue weighted by atomic mass is 16.5. The first kappa shape index (κ1) is 16.4. The third-order valence-corrected chi connectivity index (χ3v) is 4.45. The van der Waals surface area contributed by atoms with Crippen LogP contribution in [0.1, 0.15) is 42.5 Å². The number of carbonyl (C=O) groups is 1. The zero-order chi connectivity index (χ0) is 17.1. The minimum Gasteiger partial charge on any atom is -0.496 e. The molecule has 0 radical (unpaired) electrons. The standard InChI is InChI=1S/C18H24N4O2/c1-4-12-7-8-14(9-17(12)24-3)21-18(23)19-11-16-15(13-5-6-13)10-20-22(16)2/h7-10,13H,4-6,11H2,1-3H3,(H2,19,21,23). The molecule has 3 rings (SSSR count). The van der Waals surface area contributed by atoms with Crippen LogP contribution in [-0.2, 0) is 20.0 Å². The van der Waals surface area contributed by atoms with Crippen molar-refractivity contribution in [2.24, 2.45) is 7.05 Å². The van der Waals surface area contributed by atoms with Gasteiger partial charge in [0.1, 0.15) is 5.75 Å². The molecule has 128 valence electrons. The van der Waals surface area contributed by atoms with Crippen LogP contribution in [-0.4, -0.2) is 22.9 Å². The lowest BCUT2D eigenvalue weighted by Gasteiger charge is -2.12. The van der Waals surface area contributed by atoms with E-state index in [0.29, 0.717) is 18.2 Å². The van der Waals surface area contributed by atoms with Crippen molar-refractivity contribution in [1.82, 2.24) is 15.1 Å². The fourth-order valence-corrected chi connectivity index (χ4v) is 2.89. The fourth-order valence-electron chi connectivity index (χ4n) is 2.89. The number of anilines is 1. The number of carbonyl (C=O) groups excluding carboxylic acids is 1. The topological polar surface area (TPSA) is 68.2 Å². The molecule has 1 aromatic heterocycles. The first-order chi connectivity index (χ1) is 11.6. The highest BCUT2D eigenvalue weighted by molar-refractivity contribution is 5.89. The minimum absolute atomic E-state index is 0.232. The van der Waals surface area contributed by atoms with Gasteiger partial charge in [-0.25, -0.2) is 4.79 Å². The largest absolute Gasteiger partial charge is 0.496 e. The first-order valence-corrected chi connectivity index (χ1v) is 8.35. The van der Waals surface area contributed by atoms with Crippen LogP contribution in [0.5, 0.6) is 5.75 Å². The molecule has 0 spiro atoms. The molecule has 6 heteroatoms. The predicted octanol–water partition coefficient (Wildman–Crippen LogP) is 3.19. The van der Waals surface area contributed by atoms with Gasteiger partial charge >= 0.3 is 6.03 Å². The van der Waals surface area contributed by atoms with Crippen LogP contribution in [0.3, 0.4) is 0 Å². The molecule has 1 fully saturated rings. The summed E-state index contributed by atoms with van der Waals surface area (Å²) in [5.74, 6) is 1.40. The Hall–Kier alpha value is -2.50. The Balaban J connectivity index is 1.61. The number of rotatable bonds is 6. The van der Waals surface area contributed by atoms with Gasteiger partial charge in [0, 0.05) is 18.8 Å². The summed E-state index contributed by atoms with van der Waals surface area (Å²) in [7, 11) is 3.55. The first-order valence-electron chi connectivity index (χ1n) is 8.35. The van der Waals surface area contributed by atoms with E-state index >= 15 is 0 Å². The molecule has 0 unspecified atom stereocenters. The summed E-state index contributed by atoms with van der Waals surface area (Å²) >= 11 is 0. The van der Waals surface area contributed by atoms with E-state index in [0.717, 1.165) is 23.4 Å². The molecule has 1 saturated carbocycles. The molecule has 6 nitrogen and oxygen atoms in total. The Kier molecular flexibility index (Phi) is 4.74. The van der Waals surface area contributed by atoms with Crippen molar-refractivity contribution in [2.45, 2.75) is 38.6 Å². The van der Waals surface area contributed by atoms with Gasteiger partial charge in [0.15, 0.2) is 0 Å². The SMILES string of the molecule is CCc1ccc(NC(=O)NCc2c(C3CC3)cnn2C)cc1OC. The van der Waals surface area contributed by atoms with E-state index in [4.69, 9.17) is 4.74 Å². The van der Waals surface area contributed by atoms with Crippen LogP contribution in [0.25, 0.3) is 0 Å². The van der Waals surface area contributed by atoms with Crippen molar-refractivity contribution in [3.05, 3.63) is 41.2 Å². The second-order valence-electron chi connectivity index (χ2n) is 6.13. The molecular formula is C18H24N4O2. The van der Waals surface area contributed by atoms with Gasteiger partial charge in [-0.3, -0.25) is 4.68 Å². The summed E-state index contributed by atoms with van der Waals surface area (Å²) in [5.41, 5.74) is 4.17. The molecule has 2 aromatic rings. The zero-order valence-corrected chi connectivity index (χ0v) is 14.4. The lowest BCUT2D eigenvalue weighted by Crippen LogP contribution is -2.29. The molecule has 1 heterocycles. The minimum atomic E-state index is -0.232. The number of methoxy groups -OCH3 is 1. The molecule has 2 N–H and O–H groups in total. The van der Waals surface area contributed by atoms with Gasteiger partial charge in [0.2, 0.25) is 0 Å². The van der Waals surface area contributed by atoms with Crippen LogP contribution in [0.15, 0.2) is 24.4 Å². The van der Waals surface area contributed by atoms with Gasteiger partial charge in [-0.15, -0.1) is 0 Å². The van der Waals surface area contributed by atoms with E-state index in [2.05, 4.69) is 22.7 Å². The van der Waals surface area contributed by atoms with Gasteiger partial charge in [-0.2, -0.15) is 5.10 Å². The van der Waals surface area contributed by atoms with E-state index < -0.39 is 0 Å². The number of aromatic nitrogens is 2. The highest BCUT2D eigenvalue weighted by Gasteiger charge is 2.28. The lowest BCUT2D eigenvalue weighted by molar-refractivity contribution is 0.251. The summed E-state index contributed by atoms with van der Waals surface area (Å²) < 4.78 is 7.20. The molecule has 2 amide bonds. The van der Waals surface area contributed by atoms with Crippen LogP contribution in [0, 0.1) is 0 Å². The third-order valence-electron chi connectivity index (χ3n) is 4.45. The number of aryl methyl sites for hydroxylation is 2. The Morgan fingerprint density at radius 2 is 2.21 bits per heavy atom. The number of urea groups is 1. The Bertz CT molecular complexity index is 735. The summed E-state index contributed by atoms with van der Waals surface area (Å²) in [6, 6.07) is 5.48. The van der Waals surface area contributed by atoms with Gasteiger partial charge in [-0.1, -0.05) is 13.0 Å². The van der Waals surface area contributed by atoms with Crippen molar-refractivity contribution >= 4 is 11.7 Å². The van der Waals surface area contributed by atoms with Crippen molar-refractivity contribution in [1.29, 1.82) is 0 Å². The van der Waals surface area contributed by atoms with Gasteiger partial charge < -0.3 is 15.4 Å².